The van der Waals surface area contributed by atoms with Crippen LogP contribution in [0.15, 0.2) is 17.5 Å². The lowest BCUT2D eigenvalue weighted by Crippen LogP contribution is -2.60. The number of aliphatic carboxylic acids is 2. The molecule has 0 aliphatic carbocycles. The molecule has 13 N–H and O–H groups in total. The van der Waals surface area contributed by atoms with E-state index in [1.807, 2.05) is 0 Å². The van der Waals surface area contributed by atoms with Crippen molar-refractivity contribution in [2.45, 2.75) is 69.3 Å². The fourth-order valence-corrected chi connectivity index (χ4v) is 3.20. The molecule has 0 saturated carbocycles. The van der Waals surface area contributed by atoms with E-state index in [1.165, 1.54) is 19.4 Å². The molecule has 17 heteroatoms. The number of aliphatic imine (C=N–C) groups is 1. The number of aromatic nitrogens is 2. The largest absolute Gasteiger partial charge is 0.481 e. The van der Waals surface area contributed by atoms with E-state index in [-0.39, 0.29) is 44.6 Å². The summed E-state index contributed by atoms with van der Waals surface area (Å²) >= 11 is 0. The van der Waals surface area contributed by atoms with Crippen molar-refractivity contribution in [2.75, 3.05) is 6.54 Å². The number of nitrogens with one attached hydrogen (secondary N) is 4. The standard InChI is InChI=1S/C21H35N9O8/c1-10(31)16(30-17(34)12(22)4-5-15(32)33)19(36)29-14(7-11-8-25-9-27-11)18(35)28-13(20(37)38)3-2-6-26-21(23)24/h8-10,12-14,16,31H,2-7,22H2,1H3,(H,25,27)(H,28,35)(H,29,36)(H,30,34)(H,32,33)(H,37,38)(H4,23,24,26). The summed E-state index contributed by atoms with van der Waals surface area (Å²) in [5.41, 5.74) is 16.6. The topological polar surface area (TPSA) is 301 Å². The maximum atomic E-state index is 13.0. The molecule has 5 atom stereocenters. The fourth-order valence-electron chi connectivity index (χ4n) is 3.20. The number of carboxylic acids is 2. The first-order valence-electron chi connectivity index (χ1n) is 11.6. The first-order valence-corrected chi connectivity index (χ1v) is 11.6. The summed E-state index contributed by atoms with van der Waals surface area (Å²) < 4.78 is 0. The summed E-state index contributed by atoms with van der Waals surface area (Å²) in [5.74, 6) is -5.34. The van der Waals surface area contributed by atoms with Crippen molar-refractivity contribution in [1.82, 2.24) is 25.9 Å². The van der Waals surface area contributed by atoms with Gasteiger partial charge in [-0.3, -0.25) is 24.2 Å². The Morgan fingerprint density at radius 2 is 1.68 bits per heavy atom. The van der Waals surface area contributed by atoms with Gasteiger partial charge in [-0.15, -0.1) is 0 Å². The smallest absolute Gasteiger partial charge is 0.326 e. The first kappa shape index (κ1) is 31.8. The summed E-state index contributed by atoms with van der Waals surface area (Å²) in [6.07, 6.45) is 0.816. The number of guanidine groups is 1. The number of nitrogens with zero attached hydrogens (tertiary/aromatic N) is 2. The van der Waals surface area contributed by atoms with Crippen molar-refractivity contribution in [2.24, 2.45) is 22.2 Å². The van der Waals surface area contributed by atoms with Gasteiger partial charge in [0.2, 0.25) is 17.7 Å². The first-order chi connectivity index (χ1) is 17.8. The van der Waals surface area contributed by atoms with E-state index in [2.05, 4.69) is 30.9 Å². The average Bonchev–Trinajstić information content (AvgIpc) is 3.34. The predicted octanol–water partition coefficient (Wildman–Crippen LogP) is -3.88. The van der Waals surface area contributed by atoms with Gasteiger partial charge in [0.15, 0.2) is 5.96 Å². The average molecular weight is 542 g/mol. The van der Waals surface area contributed by atoms with Crippen molar-refractivity contribution in [1.29, 1.82) is 0 Å². The third-order valence-electron chi connectivity index (χ3n) is 5.24. The van der Waals surface area contributed by atoms with Crippen LogP contribution in [0.3, 0.4) is 0 Å². The monoisotopic (exact) mass is 541 g/mol. The Labute approximate surface area is 217 Å². The van der Waals surface area contributed by atoms with Gasteiger partial charge in [0.1, 0.15) is 18.1 Å². The molecule has 1 aromatic heterocycles. The Kier molecular flexibility index (Phi) is 13.2. The Balaban J connectivity index is 2.98. The van der Waals surface area contributed by atoms with Crippen LogP contribution < -0.4 is 33.2 Å². The van der Waals surface area contributed by atoms with Crippen molar-refractivity contribution < 1.29 is 39.3 Å². The molecule has 1 heterocycles. The summed E-state index contributed by atoms with van der Waals surface area (Å²) in [4.78, 5) is 71.1. The van der Waals surface area contributed by atoms with Gasteiger partial charge < -0.3 is 53.5 Å². The predicted molar refractivity (Wildman–Crippen MR) is 132 cm³/mol. The lowest BCUT2D eigenvalue weighted by molar-refractivity contribution is -0.142. The van der Waals surface area contributed by atoms with E-state index in [0.717, 1.165) is 0 Å². The number of nitrogens with two attached hydrogens (primary N) is 3. The second kappa shape index (κ2) is 15.8. The van der Waals surface area contributed by atoms with Crippen LogP contribution in [0.2, 0.25) is 0 Å². The van der Waals surface area contributed by atoms with Crippen LogP contribution >= 0.6 is 0 Å². The highest BCUT2D eigenvalue weighted by Gasteiger charge is 2.32. The zero-order chi connectivity index (χ0) is 28.8. The van der Waals surface area contributed by atoms with Crippen LogP contribution in [0.25, 0.3) is 0 Å². The van der Waals surface area contributed by atoms with Gasteiger partial charge in [0.25, 0.3) is 0 Å². The van der Waals surface area contributed by atoms with Crippen LogP contribution in [-0.4, -0.2) is 97.7 Å². The number of carboxylic acid groups (broad SMARTS) is 2. The number of rotatable bonds is 17. The van der Waals surface area contributed by atoms with Crippen molar-refractivity contribution in [3.63, 3.8) is 0 Å². The van der Waals surface area contributed by atoms with Crippen molar-refractivity contribution in [3.05, 3.63) is 18.2 Å². The molecule has 0 saturated heterocycles. The second-order valence-electron chi connectivity index (χ2n) is 8.46. The maximum absolute atomic E-state index is 13.0. The van der Waals surface area contributed by atoms with Gasteiger partial charge in [-0.1, -0.05) is 0 Å². The molecule has 1 aromatic rings. The molecule has 38 heavy (non-hydrogen) atoms. The molecule has 212 valence electrons. The lowest BCUT2D eigenvalue weighted by Gasteiger charge is -2.26. The molecule has 0 fully saturated rings. The number of hydrogen-bond acceptors (Lipinski definition) is 9. The number of amides is 3. The maximum Gasteiger partial charge on any atom is 0.326 e. The summed E-state index contributed by atoms with van der Waals surface area (Å²) in [5, 5.41) is 35.3. The summed E-state index contributed by atoms with van der Waals surface area (Å²) in [6.45, 7) is 1.36. The number of aliphatic hydroxyl groups is 1. The molecule has 1 rings (SSSR count). The summed E-state index contributed by atoms with van der Waals surface area (Å²) in [7, 11) is 0. The number of imidazole rings is 1. The van der Waals surface area contributed by atoms with Gasteiger partial charge in [-0.2, -0.15) is 0 Å². The molecule has 17 nitrogen and oxygen atoms in total. The highest BCUT2D eigenvalue weighted by molar-refractivity contribution is 5.94. The number of H-pyrrole nitrogens is 1. The lowest BCUT2D eigenvalue weighted by atomic mass is 10.1. The quantitative estimate of drug-likeness (QED) is 0.0514. The zero-order valence-electron chi connectivity index (χ0n) is 20.8. The minimum absolute atomic E-state index is 0.0107. The molecule has 3 amide bonds. The SMILES string of the molecule is CC(O)C(NC(=O)C(N)CCC(=O)O)C(=O)NC(Cc1cnc[nH]1)C(=O)NC(CCCN=C(N)N)C(=O)O. The Hall–Kier alpha value is -4.25. The van der Waals surface area contributed by atoms with Crippen LogP contribution in [0.1, 0.15) is 38.3 Å². The number of carbonyl (C=O) groups is 5. The van der Waals surface area contributed by atoms with Gasteiger partial charge in [-0.05, 0) is 26.2 Å². The van der Waals surface area contributed by atoms with E-state index in [0.29, 0.717) is 5.69 Å². The Morgan fingerprint density at radius 1 is 1.03 bits per heavy atom. The number of aromatic amines is 1. The molecular weight excluding hydrogens is 506 g/mol. The number of aliphatic hydroxyl groups excluding tert-OH is 1. The molecule has 0 radical (unpaired) electrons. The van der Waals surface area contributed by atoms with Crippen LogP contribution in [0.4, 0.5) is 0 Å². The van der Waals surface area contributed by atoms with E-state index < -0.39 is 59.9 Å². The van der Waals surface area contributed by atoms with Crippen molar-refractivity contribution >= 4 is 35.6 Å². The third-order valence-corrected chi connectivity index (χ3v) is 5.24. The van der Waals surface area contributed by atoms with Gasteiger partial charge in [-0.25, -0.2) is 9.78 Å². The Morgan fingerprint density at radius 3 is 2.21 bits per heavy atom. The molecular formula is C21H35N9O8. The van der Waals surface area contributed by atoms with Crippen LogP contribution in [-0.2, 0) is 30.4 Å². The minimum atomic E-state index is -1.55. The summed E-state index contributed by atoms with van der Waals surface area (Å²) in [6, 6.07) is -5.47. The van der Waals surface area contributed by atoms with Crippen LogP contribution in [0, 0.1) is 0 Å². The fraction of sp³-hybridized carbons (Fsp3) is 0.571. The molecule has 5 unspecified atom stereocenters. The molecule has 0 aliphatic heterocycles. The number of hydrogen-bond donors (Lipinski definition) is 10. The normalized spacial score (nSPS) is 14.7. The van der Waals surface area contributed by atoms with Gasteiger partial charge in [0.05, 0.1) is 18.5 Å². The molecule has 0 spiro atoms. The van der Waals surface area contributed by atoms with Gasteiger partial charge >= 0.3 is 11.9 Å². The second-order valence-corrected chi connectivity index (χ2v) is 8.46. The zero-order valence-corrected chi connectivity index (χ0v) is 20.8. The molecule has 0 aliphatic rings. The highest BCUT2D eigenvalue weighted by Crippen LogP contribution is 2.05. The van der Waals surface area contributed by atoms with E-state index in [9.17, 15) is 34.2 Å². The van der Waals surface area contributed by atoms with Crippen molar-refractivity contribution in [3.8, 4) is 0 Å². The van der Waals surface area contributed by atoms with E-state index >= 15 is 0 Å². The van der Waals surface area contributed by atoms with Gasteiger partial charge in [0, 0.05) is 31.3 Å². The highest BCUT2D eigenvalue weighted by atomic mass is 16.4. The molecule has 0 bridgehead atoms. The molecule has 0 aromatic carbocycles. The minimum Gasteiger partial charge on any atom is -0.481 e. The van der Waals surface area contributed by atoms with E-state index in [4.69, 9.17) is 22.3 Å². The van der Waals surface area contributed by atoms with E-state index in [1.54, 1.807) is 0 Å². The number of carbonyl (C=O) groups excluding carboxylic acids is 3. The van der Waals surface area contributed by atoms with Crippen LogP contribution in [0.5, 0.6) is 0 Å². The Bertz CT molecular complexity index is 979. The third kappa shape index (κ3) is 11.7.